The van der Waals surface area contributed by atoms with E-state index in [1.165, 1.54) is 6.92 Å². The molecule has 212 valence electrons. The molecule has 4 N–H and O–H groups in total. The van der Waals surface area contributed by atoms with E-state index in [2.05, 4.69) is 15.1 Å². The van der Waals surface area contributed by atoms with Crippen LogP contribution < -0.4 is 20.7 Å². The van der Waals surface area contributed by atoms with Crippen LogP contribution in [0.1, 0.15) is 37.9 Å². The monoisotopic (exact) mass is 560 g/mol. The van der Waals surface area contributed by atoms with Gasteiger partial charge in [0.2, 0.25) is 0 Å². The summed E-state index contributed by atoms with van der Waals surface area (Å²) in [6.45, 7) is 8.08. The number of alkyl halides is 1. The van der Waals surface area contributed by atoms with Gasteiger partial charge in [0.15, 0.2) is 11.6 Å². The van der Waals surface area contributed by atoms with Crippen molar-refractivity contribution in [2.45, 2.75) is 51.9 Å². The highest BCUT2D eigenvalue weighted by atomic mass is 35.5. The molecule has 0 bridgehead atoms. The number of anilines is 1. The number of ether oxygens (including phenoxy) is 1. The van der Waals surface area contributed by atoms with Crippen molar-refractivity contribution >= 4 is 28.8 Å². The molecule has 2 fully saturated rings. The van der Waals surface area contributed by atoms with Gasteiger partial charge in [-0.1, -0.05) is 11.6 Å². The minimum atomic E-state index is -0.718. The van der Waals surface area contributed by atoms with Gasteiger partial charge in [-0.2, -0.15) is 0 Å². The van der Waals surface area contributed by atoms with Crippen molar-refractivity contribution in [2.24, 2.45) is 5.73 Å². The van der Waals surface area contributed by atoms with Gasteiger partial charge in [-0.3, -0.25) is 9.69 Å². The molecule has 3 heterocycles. The number of aromatic nitrogens is 2. The molecule has 1 atom stereocenters. The average molecular weight is 561 g/mol. The van der Waals surface area contributed by atoms with Crippen LogP contribution in [0, 0.1) is 6.92 Å². The van der Waals surface area contributed by atoms with Crippen LogP contribution in [0.25, 0.3) is 17.0 Å². The van der Waals surface area contributed by atoms with Gasteiger partial charge in [-0.05, 0) is 58.9 Å². The molecule has 9 nitrogen and oxygen atoms in total. The number of likely N-dealkylation sites (N-methyl/N-ethyl adjacent to an activating group) is 1. The number of aliphatic hydroxyl groups excluding tert-OH is 1. The van der Waals surface area contributed by atoms with Gasteiger partial charge in [0.1, 0.15) is 30.4 Å². The summed E-state index contributed by atoms with van der Waals surface area (Å²) in [4.78, 5) is 26.8. The first-order chi connectivity index (χ1) is 18.6. The normalized spacial score (nSPS) is 18.5. The second-order valence-corrected chi connectivity index (χ2v) is 10.8. The molecule has 2 aliphatic rings. The zero-order chi connectivity index (χ0) is 28.3. The number of hydrogen-bond acceptors (Lipinski definition) is 9. The number of nitrogens with zero attached hydrogens (tertiary/aromatic N) is 4. The Bertz CT molecular complexity index is 1220. The van der Waals surface area contributed by atoms with E-state index in [1.54, 1.807) is 32.2 Å². The average Bonchev–Trinajstić information content (AvgIpc) is 2.87. The lowest BCUT2D eigenvalue weighted by Crippen LogP contribution is -2.56. The number of rotatable bonds is 10. The van der Waals surface area contributed by atoms with E-state index in [1.807, 2.05) is 6.92 Å². The fraction of sp³-hybridized carbons (Fsp3) is 0.536. The maximum atomic E-state index is 13.4. The van der Waals surface area contributed by atoms with Gasteiger partial charge in [0.05, 0.1) is 16.3 Å². The van der Waals surface area contributed by atoms with Crippen LogP contribution in [-0.2, 0) is 4.79 Å². The van der Waals surface area contributed by atoms with Crippen LogP contribution in [0.3, 0.4) is 0 Å². The molecule has 1 aromatic carbocycles. The van der Waals surface area contributed by atoms with Crippen molar-refractivity contribution in [3.8, 4) is 17.1 Å². The number of nitrogens with two attached hydrogens (primary N) is 1. The van der Waals surface area contributed by atoms with Gasteiger partial charge in [-0.15, -0.1) is 0 Å². The van der Waals surface area contributed by atoms with Crippen molar-refractivity contribution in [1.29, 1.82) is 0 Å². The Morgan fingerprint density at radius 2 is 1.97 bits per heavy atom. The van der Waals surface area contributed by atoms with Gasteiger partial charge in [0, 0.05) is 55.6 Å². The van der Waals surface area contributed by atoms with Crippen molar-refractivity contribution in [1.82, 2.24) is 20.2 Å². The summed E-state index contributed by atoms with van der Waals surface area (Å²) >= 11 is 6.62. The smallest absolute Gasteiger partial charge is 0.163 e. The van der Waals surface area contributed by atoms with Crippen LogP contribution >= 0.6 is 11.6 Å². The summed E-state index contributed by atoms with van der Waals surface area (Å²) in [5, 5.41) is 13.4. The Labute approximate surface area is 234 Å². The van der Waals surface area contributed by atoms with E-state index in [-0.39, 0.29) is 12.4 Å². The van der Waals surface area contributed by atoms with Crippen LogP contribution in [0.15, 0.2) is 23.9 Å². The SMILES string of the molecule is CNC[C@@H](O)COc1ccc(Cl)c(-c2nc(C(C(C)=O)=C(C)N)c(C)c(N3CCC(N4CC(F)C4)CC3)n2)c1. The topological polar surface area (TPSA) is 117 Å². The van der Waals surface area contributed by atoms with Crippen molar-refractivity contribution in [2.75, 3.05) is 51.3 Å². The van der Waals surface area contributed by atoms with Gasteiger partial charge in [0.25, 0.3) is 0 Å². The number of allylic oxidation sites excluding steroid dienone is 2. The molecular weight excluding hydrogens is 523 g/mol. The second-order valence-electron chi connectivity index (χ2n) is 10.4. The minimum Gasteiger partial charge on any atom is -0.491 e. The summed E-state index contributed by atoms with van der Waals surface area (Å²) in [6, 6.07) is 5.52. The molecule has 11 heteroatoms. The quantitative estimate of drug-likeness (QED) is 0.377. The highest BCUT2D eigenvalue weighted by molar-refractivity contribution is 6.33. The lowest BCUT2D eigenvalue weighted by atomic mass is 9.97. The Kier molecular flexibility index (Phi) is 9.43. The first-order valence-electron chi connectivity index (χ1n) is 13.3. The lowest BCUT2D eigenvalue weighted by molar-refractivity contribution is -0.111. The van der Waals surface area contributed by atoms with Crippen LogP contribution in [0.4, 0.5) is 10.2 Å². The van der Waals surface area contributed by atoms with E-state index in [0.717, 1.165) is 31.5 Å². The molecule has 0 spiro atoms. The Hall–Kier alpha value is -2.79. The minimum absolute atomic E-state index is 0.103. The number of likely N-dealkylation sites (tertiary alicyclic amines) is 1. The third-order valence-electron chi connectivity index (χ3n) is 7.31. The molecule has 2 aromatic rings. The molecule has 0 radical (unpaired) electrons. The summed E-state index contributed by atoms with van der Waals surface area (Å²) in [5.41, 5.74) is 8.66. The van der Waals surface area contributed by atoms with Crippen LogP contribution in [0.2, 0.25) is 5.02 Å². The predicted molar refractivity (Wildman–Crippen MR) is 152 cm³/mol. The maximum absolute atomic E-state index is 13.4. The third kappa shape index (κ3) is 6.69. The molecule has 0 saturated carbocycles. The van der Waals surface area contributed by atoms with Crippen LogP contribution in [-0.4, -0.2) is 90.5 Å². The lowest BCUT2D eigenvalue weighted by Gasteiger charge is -2.45. The number of carbonyl (C=O) groups is 1. The molecule has 1 aromatic heterocycles. The zero-order valence-corrected chi connectivity index (χ0v) is 23.8. The second kappa shape index (κ2) is 12.6. The van der Waals surface area contributed by atoms with Crippen molar-refractivity contribution in [3.05, 3.63) is 40.2 Å². The number of nitrogens with one attached hydrogen (secondary N) is 1. The molecule has 0 aliphatic carbocycles. The summed E-state index contributed by atoms with van der Waals surface area (Å²) in [7, 11) is 1.76. The first kappa shape index (κ1) is 29.2. The number of ketones is 1. The molecule has 2 aliphatic heterocycles. The largest absolute Gasteiger partial charge is 0.491 e. The number of carbonyl (C=O) groups excluding carboxylic acids is 1. The number of piperidine rings is 1. The van der Waals surface area contributed by atoms with E-state index in [9.17, 15) is 14.3 Å². The number of benzene rings is 1. The summed E-state index contributed by atoms with van der Waals surface area (Å²) in [5.74, 6) is 1.39. The molecular formula is C28H38ClFN6O3. The van der Waals surface area contributed by atoms with Crippen molar-refractivity contribution < 1.29 is 19.0 Å². The highest BCUT2D eigenvalue weighted by Gasteiger charge is 2.35. The van der Waals surface area contributed by atoms with Crippen LogP contribution in [0.5, 0.6) is 5.75 Å². The first-order valence-corrected chi connectivity index (χ1v) is 13.7. The Morgan fingerprint density at radius 1 is 1.28 bits per heavy atom. The van der Waals surface area contributed by atoms with E-state index >= 15 is 0 Å². The van der Waals surface area contributed by atoms with Gasteiger partial charge in [-0.25, -0.2) is 14.4 Å². The fourth-order valence-corrected chi connectivity index (χ4v) is 5.46. The maximum Gasteiger partial charge on any atom is 0.163 e. The van der Waals surface area contributed by atoms with Gasteiger partial charge >= 0.3 is 0 Å². The van der Waals surface area contributed by atoms with Crippen molar-refractivity contribution in [3.63, 3.8) is 0 Å². The number of halogens is 2. The zero-order valence-electron chi connectivity index (χ0n) is 23.0. The molecule has 4 rings (SSSR count). The highest BCUT2D eigenvalue weighted by Crippen LogP contribution is 2.35. The van der Waals surface area contributed by atoms with E-state index in [4.69, 9.17) is 32.0 Å². The Morgan fingerprint density at radius 3 is 2.56 bits per heavy atom. The van der Waals surface area contributed by atoms with E-state index in [0.29, 0.717) is 70.6 Å². The van der Waals surface area contributed by atoms with E-state index < -0.39 is 12.3 Å². The molecule has 2 saturated heterocycles. The number of aliphatic hydroxyl groups is 1. The standard InChI is InChI=1S/C28H38ClFN6O3/c1-16-26(25(17(2)31)18(3)37)33-27(23-11-22(5-6-24(23)29)39-15-21(38)12-32-4)34-28(16)35-9-7-20(8-10-35)36-13-19(30)14-36/h5-6,11,19-21,32,38H,7-10,12-15,31H2,1-4H3/t21-/m1/s1. The number of Topliss-reactive ketones (excluding diaryl/α,β-unsaturated/α-hetero) is 1. The predicted octanol–water partition coefficient (Wildman–Crippen LogP) is 2.97. The summed E-state index contributed by atoms with van der Waals surface area (Å²) in [6.07, 6.45) is 0.398. The molecule has 0 unspecified atom stereocenters. The molecule has 39 heavy (non-hydrogen) atoms. The summed E-state index contributed by atoms with van der Waals surface area (Å²) < 4.78 is 19.2. The number of hydrogen-bond donors (Lipinski definition) is 3. The third-order valence-corrected chi connectivity index (χ3v) is 7.64. The van der Waals surface area contributed by atoms with Gasteiger partial charge < -0.3 is 25.8 Å². The Balaban J connectivity index is 1.71. The fourth-order valence-electron chi connectivity index (χ4n) is 5.26. The molecule has 0 amide bonds.